The first-order valence-electron chi connectivity index (χ1n) is 17.2. The van der Waals surface area contributed by atoms with Gasteiger partial charge in [-0.3, -0.25) is 19.2 Å². The zero-order chi connectivity index (χ0) is 33.6. The van der Waals surface area contributed by atoms with E-state index in [2.05, 4.69) is 57.0 Å². The molecule has 2 fully saturated rings. The number of pyridine rings is 1. The number of allylic oxidation sites excluding steroid dienone is 1. The van der Waals surface area contributed by atoms with E-state index >= 15 is 8.78 Å². The fourth-order valence-corrected chi connectivity index (χ4v) is 6.95. The molecule has 1 N–H and O–H groups in total. The maximum absolute atomic E-state index is 15.8. The quantitative estimate of drug-likeness (QED) is 0.152. The molecular weight excluding hydrogens is 596 g/mol. The van der Waals surface area contributed by atoms with Crippen LogP contribution < -0.4 is 15.8 Å². The van der Waals surface area contributed by atoms with Crippen molar-refractivity contribution in [2.45, 2.75) is 77.4 Å². The van der Waals surface area contributed by atoms with Gasteiger partial charge in [-0.2, -0.15) is 0 Å². The number of halogens is 2. The first-order chi connectivity index (χ1) is 22.6. The first kappa shape index (κ1) is 34.7. The van der Waals surface area contributed by atoms with Crippen LogP contribution in [0.25, 0.3) is 11.0 Å². The summed E-state index contributed by atoms with van der Waals surface area (Å²) in [5.74, 6) is -3.04. The van der Waals surface area contributed by atoms with Crippen molar-refractivity contribution in [3.05, 3.63) is 83.4 Å². The summed E-state index contributed by atoms with van der Waals surface area (Å²) in [5, 5.41) is 4.23. The predicted molar refractivity (Wildman–Crippen MR) is 189 cm³/mol. The molecule has 1 aromatic carbocycles. The van der Waals surface area contributed by atoms with Gasteiger partial charge in [0, 0.05) is 62.8 Å². The lowest BCUT2D eigenvalue weighted by molar-refractivity contribution is -0.0847. The van der Waals surface area contributed by atoms with Crippen LogP contribution in [0.5, 0.6) is 0 Å². The molecule has 2 aliphatic heterocycles. The summed E-state index contributed by atoms with van der Waals surface area (Å²) in [6, 6.07) is 8.83. The van der Waals surface area contributed by atoms with Crippen molar-refractivity contribution in [2.24, 2.45) is 5.92 Å². The van der Waals surface area contributed by atoms with E-state index in [0.29, 0.717) is 55.7 Å². The average Bonchev–Trinajstić information content (AvgIpc) is 3.08. The Labute approximate surface area is 278 Å². The summed E-state index contributed by atoms with van der Waals surface area (Å²) in [4.78, 5) is 29.9. The third kappa shape index (κ3) is 7.92. The average molecular weight is 648 g/mol. The highest BCUT2D eigenvalue weighted by molar-refractivity contribution is 5.89. The maximum Gasteiger partial charge on any atom is 0.276 e. The van der Waals surface area contributed by atoms with Gasteiger partial charge in [0.15, 0.2) is 0 Å². The van der Waals surface area contributed by atoms with Crippen molar-refractivity contribution >= 4 is 22.5 Å². The molecule has 254 valence electrons. The summed E-state index contributed by atoms with van der Waals surface area (Å²) < 4.78 is 33.4. The van der Waals surface area contributed by atoms with Crippen LogP contribution in [0.3, 0.4) is 0 Å². The second-order valence-corrected chi connectivity index (χ2v) is 13.3. The van der Waals surface area contributed by atoms with E-state index in [-0.39, 0.29) is 17.2 Å². The number of anilines is 2. The zero-order valence-corrected chi connectivity index (χ0v) is 28.3. The van der Waals surface area contributed by atoms with E-state index in [4.69, 9.17) is 0 Å². The van der Waals surface area contributed by atoms with Crippen molar-refractivity contribution < 1.29 is 8.78 Å². The van der Waals surface area contributed by atoms with E-state index < -0.39 is 11.8 Å². The first-order valence-corrected chi connectivity index (χ1v) is 17.2. The van der Waals surface area contributed by atoms with Gasteiger partial charge in [0.2, 0.25) is 0 Å². The lowest BCUT2D eigenvalue weighted by atomic mass is 9.85. The standard InChI is InChI=1S/C37H51F2N7O/c1-6-8-9-10-17-46-35-32(25-33(36(46)47)45-22-20-44(21-23-45)27(3)4)34(40-26-41-35)42-28(5)29-12-11-13-31(24-29)37(38,39)30-14-18-43(16-7-2)19-15-30/h6-7,11-13,24-28,30H,1-2,8-10,14-23H2,3-5H3,(H,40,41,42)/t28-/m1/s1. The Morgan fingerprint density at radius 1 is 1.00 bits per heavy atom. The smallest absolute Gasteiger partial charge is 0.276 e. The van der Waals surface area contributed by atoms with Crippen LogP contribution in [0.15, 0.2) is 66.8 Å². The summed E-state index contributed by atoms with van der Waals surface area (Å²) in [7, 11) is 0. The van der Waals surface area contributed by atoms with E-state index in [1.54, 1.807) is 22.8 Å². The molecule has 5 rings (SSSR count). The number of nitrogens with zero attached hydrogens (tertiary/aromatic N) is 6. The van der Waals surface area contributed by atoms with Gasteiger partial charge in [-0.05, 0) is 83.7 Å². The van der Waals surface area contributed by atoms with Crippen molar-refractivity contribution in [2.75, 3.05) is 56.0 Å². The van der Waals surface area contributed by atoms with Crippen molar-refractivity contribution in [1.29, 1.82) is 0 Å². The molecule has 2 aromatic heterocycles. The van der Waals surface area contributed by atoms with Crippen LogP contribution in [0, 0.1) is 5.92 Å². The van der Waals surface area contributed by atoms with E-state index in [9.17, 15) is 4.79 Å². The number of fused-ring (bicyclic) bond motifs is 1. The summed E-state index contributed by atoms with van der Waals surface area (Å²) in [6.07, 6.45) is 8.74. The minimum atomic E-state index is -2.92. The molecule has 2 saturated heterocycles. The molecule has 0 bridgehead atoms. The number of likely N-dealkylation sites (tertiary alicyclic amines) is 1. The highest BCUT2D eigenvalue weighted by Gasteiger charge is 2.42. The van der Waals surface area contributed by atoms with E-state index in [1.165, 1.54) is 6.33 Å². The number of piperidine rings is 1. The van der Waals surface area contributed by atoms with Crippen LogP contribution in [0.1, 0.15) is 70.0 Å². The summed E-state index contributed by atoms with van der Waals surface area (Å²) in [5.41, 5.74) is 1.98. The number of piperazine rings is 1. The predicted octanol–water partition coefficient (Wildman–Crippen LogP) is 6.84. The summed E-state index contributed by atoms with van der Waals surface area (Å²) in [6.45, 7) is 19.8. The number of aryl methyl sites for hydroxylation is 1. The van der Waals surface area contributed by atoms with Crippen molar-refractivity contribution in [3.63, 3.8) is 0 Å². The van der Waals surface area contributed by atoms with Gasteiger partial charge in [0.05, 0.1) is 5.39 Å². The molecule has 4 heterocycles. The Kier molecular flexibility index (Phi) is 11.5. The minimum Gasteiger partial charge on any atom is -0.364 e. The second-order valence-electron chi connectivity index (χ2n) is 13.3. The fraction of sp³-hybridized carbons (Fsp3) is 0.541. The third-order valence-electron chi connectivity index (χ3n) is 9.90. The Morgan fingerprint density at radius 2 is 1.74 bits per heavy atom. The van der Waals surface area contributed by atoms with Crippen molar-refractivity contribution in [3.8, 4) is 0 Å². The fourth-order valence-electron chi connectivity index (χ4n) is 6.95. The van der Waals surface area contributed by atoms with Gasteiger partial charge in [-0.25, -0.2) is 18.7 Å². The van der Waals surface area contributed by atoms with Gasteiger partial charge in [0.25, 0.3) is 11.5 Å². The molecule has 0 radical (unpaired) electrons. The molecule has 1 atom stereocenters. The van der Waals surface area contributed by atoms with E-state index in [0.717, 1.165) is 62.9 Å². The molecule has 3 aromatic rings. The normalized spacial score (nSPS) is 17.7. The van der Waals surface area contributed by atoms with Gasteiger partial charge < -0.3 is 10.2 Å². The second kappa shape index (κ2) is 15.5. The van der Waals surface area contributed by atoms with Crippen LogP contribution in [0.4, 0.5) is 20.3 Å². The number of aromatic nitrogens is 3. The molecule has 0 unspecified atom stereocenters. The Hall–Kier alpha value is -3.63. The number of unbranched alkanes of at least 4 members (excludes halogenated alkanes) is 2. The van der Waals surface area contributed by atoms with Crippen molar-refractivity contribution in [1.82, 2.24) is 24.3 Å². The molecule has 0 spiro atoms. The SMILES string of the molecule is C=CCCCCn1c(=O)c(N2CCN(C(C)C)CC2)cc2c(N[C@H](C)c3cccc(C(F)(F)C4CCN(CC=C)CC4)c3)ncnc21. The number of hydrogen-bond donors (Lipinski definition) is 1. The lowest BCUT2D eigenvalue weighted by Crippen LogP contribution is -2.50. The number of alkyl halides is 2. The summed E-state index contributed by atoms with van der Waals surface area (Å²) >= 11 is 0. The molecule has 10 heteroatoms. The number of rotatable bonds is 14. The van der Waals surface area contributed by atoms with Crippen LogP contribution in [-0.2, 0) is 12.5 Å². The number of nitrogens with one attached hydrogen (secondary N) is 1. The molecule has 0 saturated carbocycles. The van der Waals surface area contributed by atoms with Crippen LogP contribution in [-0.4, -0.2) is 76.2 Å². The van der Waals surface area contributed by atoms with Crippen LogP contribution in [0.2, 0.25) is 0 Å². The Morgan fingerprint density at radius 3 is 2.43 bits per heavy atom. The maximum atomic E-state index is 15.8. The van der Waals surface area contributed by atoms with Gasteiger partial charge in [0.1, 0.15) is 23.5 Å². The molecule has 47 heavy (non-hydrogen) atoms. The molecule has 0 aliphatic carbocycles. The molecular formula is C37H51F2N7O. The van der Waals surface area contributed by atoms with Crippen LogP contribution >= 0.6 is 0 Å². The number of benzene rings is 1. The highest BCUT2D eigenvalue weighted by atomic mass is 19.3. The lowest BCUT2D eigenvalue weighted by Gasteiger charge is -2.38. The zero-order valence-electron chi connectivity index (χ0n) is 28.3. The van der Waals surface area contributed by atoms with Gasteiger partial charge in [-0.1, -0.05) is 30.4 Å². The van der Waals surface area contributed by atoms with Gasteiger partial charge >= 0.3 is 0 Å². The molecule has 0 amide bonds. The van der Waals surface area contributed by atoms with Gasteiger partial charge in [-0.15, -0.1) is 13.2 Å². The topological polar surface area (TPSA) is 69.5 Å². The molecule has 2 aliphatic rings. The third-order valence-corrected chi connectivity index (χ3v) is 9.90. The number of hydrogen-bond acceptors (Lipinski definition) is 7. The largest absolute Gasteiger partial charge is 0.364 e. The van der Waals surface area contributed by atoms with E-state index in [1.807, 2.05) is 31.2 Å². The molecule has 8 nitrogen and oxygen atoms in total. The minimum absolute atomic E-state index is 0.0444. The Bertz CT molecular complexity index is 1570. The highest BCUT2D eigenvalue weighted by Crippen LogP contribution is 2.42. The Balaban J connectivity index is 1.42. The monoisotopic (exact) mass is 647 g/mol.